The molecule has 1 atom stereocenters. The number of nitrogens with two attached hydrogens (primary N) is 1. The normalized spacial score (nSPS) is 12.2. The summed E-state index contributed by atoms with van der Waals surface area (Å²) in [5.74, 6) is -0.253. The number of nitro benzene ring substituents is 1. The Labute approximate surface area is 94.5 Å². The molecule has 0 amide bonds. The van der Waals surface area contributed by atoms with E-state index < -0.39 is 11.0 Å². The summed E-state index contributed by atoms with van der Waals surface area (Å²) in [4.78, 5) is 21.4. The highest BCUT2D eigenvalue weighted by atomic mass is 79.9. The Morgan fingerprint density at radius 3 is 2.60 bits per heavy atom. The maximum atomic E-state index is 11.5. The zero-order valence-corrected chi connectivity index (χ0v) is 9.52. The number of hydrogen-bond acceptors (Lipinski definition) is 4. The van der Waals surface area contributed by atoms with Gasteiger partial charge in [-0.15, -0.1) is 0 Å². The minimum Gasteiger partial charge on any atom is -0.321 e. The third-order valence-corrected chi connectivity index (χ3v) is 2.50. The Bertz CT molecular complexity index is 418. The molecule has 5 nitrogen and oxygen atoms in total. The highest BCUT2D eigenvalue weighted by molar-refractivity contribution is 9.10. The highest BCUT2D eigenvalue weighted by Crippen LogP contribution is 2.23. The molecule has 1 aromatic rings. The summed E-state index contributed by atoms with van der Waals surface area (Å²) >= 11 is 3.10. The van der Waals surface area contributed by atoms with E-state index in [1.165, 1.54) is 18.2 Å². The van der Waals surface area contributed by atoms with E-state index >= 15 is 0 Å². The molecule has 6 heteroatoms. The summed E-state index contributed by atoms with van der Waals surface area (Å²) in [7, 11) is 0. The molecule has 15 heavy (non-hydrogen) atoms. The number of ketones is 1. The number of halogens is 1. The number of carbonyl (C=O) groups is 1. The molecule has 0 saturated heterocycles. The number of nitro groups is 1. The van der Waals surface area contributed by atoms with Crippen molar-refractivity contribution in [2.24, 2.45) is 5.73 Å². The van der Waals surface area contributed by atoms with E-state index in [0.29, 0.717) is 10.0 Å². The monoisotopic (exact) mass is 272 g/mol. The van der Waals surface area contributed by atoms with Gasteiger partial charge in [-0.2, -0.15) is 0 Å². The lowest BCUT2D eigenvalue weighted by atomic mass is 10.1. The standard InChI is InChI=1S/C9H9BrN2O3/c1-5(11)9(13)7-3-2-6(12(14)15)4-8(7)10/h2-5H,11H2,1H3. The molecule has 0 aliphatic rings. The van der Waals surface area contributed by atoms with Crippen molar-refractivity contribution in [3.05, 3.63) is 38.3 Å². The molecular weight excluding hydrogens is 264 g/mol. The number of Topliss-reactive ketones (excluding diaryl/α,β-unsaturated/α-hetero) is 1. The first-order valence-corrected chi connectivity index (χ1v) is 4.96. The Hall–Kier alpha value is -1.27. The predicted molar refractivity (Wildman–Crippen MR) is 58.8 cm³/mol. The van der Waals surface area contributed by atoms with Crippen molar-refractivity contribution in [3.8, 4) is 0 Å². The molecule has 80 valence electrons. The summed E-state index contributed by atoms with van der Waals surface area (Å²) in [6.07, 6.45) is 0. The Morgan fingerprint density at radius 1 is 1.60 bits per heavy atom. The van der Waals surface area contributed by atoms with Gasteiger partial charge in [-0.05, 0) is 28.9 Å². The van der Waals surface area contributed by atoms with Crippen molar-refractivity contribution < 1.29 is 9.72 Å². The summed E-state index contributed by atoms with van der Waals surface area (Å²) in [5.41, 5.74) is 5.72. The van der Waals surface area contributed by atoms with Crippen molar-refractivity contribution in [3.63, 3.8) is 0 Å². The number of benzene rings is 1. The SMILES string of the molecule is CC(N)C(=O)c1ccc([N+](=O)[O-])cc1Br. The van der Waals surface area contributed by atoms with Crippen LogP contribution in [0.15, 0.2) is 22.7 Å². The molecule has 0 spiro atoms. The first-order chi connectivity index (χ1) is 6.93. The van der Waals surface area contributed by atoms with Gasteiger partial charge in [0.2, 0.25) is 0 Å². The largest absolute Gasteiger partial charge is 0.321 e. The van der Waals surface area contributed by atoms with Crippen LogP contribution in [-0.2, 0) is 0 Å². The minimum absolute atomic E-state index is 0.0666. The van der Waals surface area contributed by atoms with Crippen LogP contribution in [0.4, 0.5) is 5.69 Å². The van der Waals surface area contributed by atoms with Gasteiger partial charge in [-0.25, -0.2) is 0 Å². The summed E-state index contributed by atoms with van der Waals surface area (Å²) < 4.78 is 0.388. The van der Waals surface area contributed by atoms with Gasteiger partial charge in [-0.1, -0.05) is 0 Å². The minimum atomic E-state index is -0.622. The Morgan fingerprint density at radius 2 is 2.20 bits per heavy atom. The Balaban J connectivity index is 3.14. The lowest BCUT2D eigenvalue weighted by Gasteiger charge is -2.05. The second kappa shape index (κ2) is 4.50. The molecule has 1 rings (SSSR count). The molecule has 0 radical (unpaired) electrons. The lowest BCUT2D eigenvalue weighted by molar-refractivity contribution is -0.384. The number of rotatable bonds is 3. The van der Waals surface area contributed by atoms with Crippen molar-refractivity contribution in [2.45, 2.75) is 13.0 Å². The quantitative estimate of drug-likeness (QED) is 0.517. The van der Waals surface area contributed by atoms with Crippen molar-refractivity contribution in [2.75, 3.05) is 0 Å². The van der Waals surface area contributed by atoms with Gasteiger partial charge >= 0.3 is 0 Å². The summed E-state index contributed by atoms with van der Waals surface area (Å²) in [5, 5.41) is 10.4. The molecule has 0 bridgehead atoms. The highest BCUT2D eigenvalue weighted by Gasteiger charge is 2.16. The van der Waals surface area contributed by atoms with E-state index in [-0.39, 0.29) is 11.5 Å². The van der Waals surface area contributed by atoms with Crippen LogP contribution in [-0.4, -0.2) is 16.7 Å². The first-order valence-electron chi connectivity index (χ1n) is 4.17. The van der Waals surface area contributed by atoms with Gasteiger partial charge in [0, 0.05) is 22.2 Å². The molecule has 1 unspecified atom stereocenters. The Kier molecular flexibility index (Phi) is 3.54. The van der Waals surface area contributed by atoms with Crippen LogP contribution in [0.2, 0.25) is 0 Å². The van der Waals surface area contributed by atoms with Crippen molar-refractivity contribution >= 4 is 27.4 Å². The summed E-state index contributed by atoms with van der Waals surface area (Å²) in [6.45, 7) is 1.57. The molecular formula is C9H9BrN2O3. The van der Waals surface area contributed by atoms with Gasteiger partial charge in [0.05, 0.1) is 11.0 Å². The molecule has 1 aromatic carbocycles. The lowest BCUT2D eigenvalue weighted by Crippen LogP contribution is -2.26. The maximum Gasteiger partial charge on any atom is 0.270 e. The van der Waals surface area contributed by atoms with E-state index in [1.807, 2.05) is 0 Å². The van der Waals surface area contributed by atoms with E-state index in [4.69, 9.17) is 5.73 Å². The van der Waals surface area contributed by atoms with Crippen LogP contribution in [0.5, 0.6) is 0 Å². The number of carbonyl (C=O) groups excluding carboxylic acids is 1. The van der Waals surface area contributed by atoms with Gasteiger partial charge < -0.3 is 5.73 Å². The molecule has 0 aliphatic heterocycles. The van der Waals surface area contributed by atoms with Crippen molar-refractivity contribution in [1.29, 1.82) is 0 Å². The summed E-state index contributed by atoms with van der Waals surface area (Å²) in [6, 6.07) is 3.34. The molecule has 0 aromatic heterocycles. The smallest absolute Gasteiger partial charge is 0.270 e. The predicted octanol–water partition coefficient (Wildman–Crippen LogP) is 1.89. The molecule has 0 heterocycles. The van der Waals surface area contributed by atoms with Crippen LogP contribution >= 0.6 is 15.9 Å². The van der Waals surface area contributed by atoms with Crippen LogP contribution in [0.1, 0.15) is 17.3 Å². The van der Waals surface area contributed by atoms with Crippen LogP contribution in [0, 0.1) is 10.1 Å². The second-order valence-electron chi connectivity index (χ2n) is 3.07. The van der Waals surface area contributed by atoms with Gasteiger partial charge in [0.25, 0.3) is 5.69 Å². The van der Waals surface area contributed by atoms with Crippen LogP contribution < -0.4 is 5.73 Å². The number of non-ortho nitro benzene ring substituents is 1. The first kappa shape index (κ1) is 11.8. The fourth-order valence-corrected chi connectivity index (χ4v) is 1.62. The molecule has 0 saturated carbocycles. The number of hydrogen-bond donors (Lipinski definition) is 1. The fraction of sp³-hybridized carbons (Fsp3) is 0.222. The van der Waals surface area contributed by atoms with E-state index in [1.54, 1.807) is 6.92 Å². The van der Waals surface area contributed by atoms with Gasteiger partial charge in [-0.3, -0.25) is 14.9 Å². The van der Waals surface area contributed by atoms with Crippen LogP contribution in [0.3, 0.4) is 0 Å². The molecule has 0 aliphatic carbocycles. The van der Waals surface area contributed by atoms with E-state index in [9.17, 15) is 14.9 Å². The maximum absolute atomic E-state index is 11.5. The average Bonchev–Trinajstić information content (AvgIpc) is 2.16. The fourth-order valence-electron chi connectivity index (χ4n) is 1.06. The molecule has 2 N–H and O–H groups in total. The van der Waals surface area contributed by atoms with Crippen molar-refractivity contribution in [1.82, 2.24) is 0 Å². The van der Waals surface area contributed by atoms with Gasteiger partial charge in [0.15, 0.2) is 5.78 Å². The topological polar surface area (TPSA) is 86.2 Å². The average molecular weight is 273 g/mol. The van der Waals surface area contributed by atoms with Gasteiger partial charge in [0.1, 0.15) is 0 Å². The number of nitrogens with zero attached hydrogens (tertiary/aromatic N) is 1. The van der Waals surface area contributed by atoms with E-state index in [0.717, 1.165) is 0 Å². The zero-order valence-electron chi connectivity index (χ0n) is 7.94. The zero-order chi connectivity index (χ0) is 11.6. The van der Waals surface area contributed by atoms with Crippen LogP contribution in [0.25, 0.3) is 0 Å². The third kappa shape index (κ3) is 2.60. The van der Waals surface area contributed by atoms with E-state index in [2.05, 4.69) is 15.9 Å². The second-order valence-corrected chi connectivity index (χ2v) is 3.93. The molecule has 0 fully saturated rings. The third-order valence-electron chi connectivity index (χ3n) is 1.84.